The van der Waals surface area contributed by atoms with Gasteiger partial charge in [0.2, 0.25) is 10.0 Å². The Morgan fingerprint density at radius 3 is 2.66 bits per heavy atom. The third-order valence-electron chi connectivity index (χ3n) is 4.91. The number of amides is 1. The lowest BCUT2D eigenvalue weighted by Crippen LogP contribution is -2.29. The third-order valence-corrected chi connectivity index (χ3v) is 6.28. The fourth-order valence-corrected chi connectivity index (χ4v) is 4.73. The van der Waals surface area contributed by atoms with E-state index in [9.17, 15) is 13.2 Å². The van der Waals surface area contributed by atoms with E-state index in [0.29, 0.717) is 17.8 Å². The van der Waals surface area contributed by atoms with Crippen molar-refractivity contribution in [2.24, 2.45) is 0 Å². The van der Waals surface area contributed by atoms with Gasteiger partial charge in [-0.2, -0.15) is 0 Å². The van der Waals surface area contributed by atoms with Crippen LogP contribution in [0.15, 0.2) is 41.8 Å². The van der Waals surface area contributed by atoms with Gasteiger partial charge in [0, 0.05) is 28.7 Å². The van der Waals surface area contributed by atoms with Crippen molar-refractivity contribution in [2.75, 3.05) is 22.4 Å². The van der Waals surface area contributed by atoms with Gasteiger partial charge in [0.15, 0.2) is 0 Å². The molecule has 1 N–H and O–H groups in total. The summed E-state index contributed by atoms with van der Waals surface area (Å²) in [6.45, 7) is 4.38. The number of rotatable bonds is 4. The highest BCUT2D eigenvalue weighted by Crippen LogP contribution is 2.34. The number of hydrogen-bond acceptors (Lipinski definition) is 5. The summed E-state index contributed by atoms with van der Waals surface area (Å²) in [4.78, 5) is 19.4. The van der Waals surface area contributed by atoms with Crippen LogP contribution in [0.2, 0.25) is 0 Å². The summed E-state index contributed by atoms with van der Waals surface area (Å²) in [6.07, 6.45) is 1.87. The second-order valence-corrected chi connectivity index (χ2v) is 10.0. The first-order chi connectivity index (χ1) is 13.7. The van der Waals surface area contributed by atoms with Gasteiger partial charge in [-0.1, -0.05) is 12.1 Å². The Morgan fingerprint density at radius 2 is 1.97 bits per heavy atom. The zero-order chi connectivity index (χ0) is 20.8. The lowest BCUT2D eigenvalue weighted by Gasteiger charge is -2.19. The second-order valence-electron chi connectivity index (χ2n) is 7.21. The van der Waals surface area contributed by atoms with Crippen molar-refractivity contribution in [3.05, 3.63) is 63.5 Å². The van der Waals surface area contributed by atoms with Crippen LogP contribution >= 0.6 is 11.3 Å². The van der Waals surface area contributed by atoms with Crippen molar-refractivity contribution in [3.63, 3.8) is 0 Å². The van der Waals surface area contributed by atoms with Crippen LogP contribution in [0.3, 0.4) is 0 Å². The first-order valence-electron chi connectivity index (χ1n) is 9.17. The molecule has 150 valence electrons. The number of thiazole rings is 1. The number of anilines is 2. The van der Waals surface area contributed by atoms with Crippen LogP contribution in [0.25, 0.3) is 11.3 Å². The minimum Gasteiger partial charge on any atom is -0.308 e. The monoisotopic (exact) mass is 427 g/mol. The summed E-state index contributed by atoms with van der Waals surface area (Å²) in [5.74, 6) is -0.141. The molecule has 1 aliphatic rings. The Morgan fingerprint density at radius 1 is 1.17 bits per heavy atom. The van der Waals surface area contributed by atoms with E-state index in [0.717, 1.165) is 45.8 Å². The molecule has 4 rings (SSSR count). The molecule has 0 fully saturated rings. The SMILES string of the molecule is Cc1nc(-c2ccc3c(c2)CCN3C(=O)c2ccc(C)c(NS(C)(=O)=O)c2)cs1. The topological polar surface area (TPSA) is 79.4 Å². The molecule has 2 heterocycles. The van der Waals surface area contributed by atoms with Crippen molar-refractivity contribution in [3.8, 4) is 11.3 Å². The minimum absolute atomic E-state index is 0.141. The highest BCUT2D eigenvalue weighted by Gasteiger charge is 2.26. The Kier molecular flexibility index (Phi) is 4.92. The molecular weight excluding hydrogens is 406 g/mol. The maximum absolute atomic E-state index is 13.1. The van der Waals surface area contributed by atoms with E-state index in [1.54, 1.807) is 41.4 Å². The predicted molar refractivity (Wildman–Crippen MR) is 117 cm³/mol. The molecule has 1 aromatic heterocycles. The standard InChI is InChI=1S/C21H21N3O3S2/c1-13-4-5-17(11-18(13)23-29(3,26)27)21(25)24-9-8-16-10-15(6-7-20(16)24)19-12-28-14(2)22-19/h4-7,10-12,23H,8-9H2,1-3H3. The molecule has 1 aliphatic heterocycles. The van der Waals surface area contributed by atoms with Gasteiger partial charge in [-0.05, 0) is 55.7 Å². The summed E-state index contributed by atoms with van der Waals surface area (Å²) in [6, 6.07) is 11.1. The number of benzene rings is 2. The van der Waals surface area contributed by atoms with E-state index < -0.39 is 10.0 Å². The predicted octanol–water partition coefficient (Wildman–Crippen LogP) is 4.00. The molecule has 1 amide bonds. The van der Waals surface area contributed by atoms with Crippen LogP contribution in [-0.2, 0) is 16.4 Å². The van der Waals surface area contributed by atoms with Gasteiger partial charge in [0.05, 0.1) is 22.6 Å². The molecule has 0 saturated heterocycles. The summed E-state index contributed by atoms with van der Waals surface area (Å²) >= 11 is 1.62. The quantitative estimate of drug-likeness (QED) is 0.683. The van der Waals surface area contributed by atoms with Gasteiger partial charge >= 0.3 is 0 Å². The number of nitrogens with zero attached hydrogens (tertiary/aromatic N) is 2. The average molecular weight is 428 g/mol. The molecule has 29 heavy (non-hydrogen) atoms. The zero-order valence-corrected chi connectivity index (χ0v) is 18.0. The number of nitrogens with one attached hydrogen (secondary N) is 1. The largest absolute Gasteiger partial charge is 0.308 e. The van der Waals surface area contributed by atoms with E-state index in [4.69, 9.17) is 0 Å². The van der Waals surface area contributed by atoms with Crippen LogP contribution in [0.4, 0.5) is 11.4 Å². The molecule has 0 radical (unpaired) electrons. The van der Waals surface area contributed by atoms with Crippen LogP contribution < -0.4 is 9.62 Å². The Balaban J connectivity index is 1.63. The van der Waals surface area contributed by atoms with Crippen molar-refractivity contribution < 1.29 is 13.2 Å². The van der Waals surface area contributed by atoms with E-state index in [2.05, 4.69) is 15.8 Å². The zero-order valence-electron chi connectivity index (χ0n) is 16.4. The maximum Gasteiger partial charge on any atom is 0.258 e. The van der Waals surface area contributed by atoms with Gasteiger partial charge < -0.3 is 4.90 Å². The minimum atomic E-state index is -3.42. The molecule has 8 heteroatoms. The number of aromatic nitrogens is 1. The Hall–Kier alpha value is -2.71. The fraction of sp³-hybridized carbons (Fsp3) is 0.238. The first-order valence-corrected chi connectivity index (χ1v) is 11.9. The van der Waals surface area contributed by atoms with Gasteiger partial charge in [-0.3, -0.25) is 9.52 Å². The van der Waals surface area contributed by atoms with Crippen molar-refractivity contribution in [1.29, 1.82) is 0 Å². The molecule has 2 aromatic carbocycles. The van der Waals surface area contributed by atoms with Gasteiger partial charge in [-0.25, -0.2) is 13.4 Å². The summed E-state index contributed by atoms with van der Waals surface area (Å²) < 4.78 is 25.7. The Bertz CT molecular complexity index is 1220. The summed E-state index contributed by atoms with van der Waals surface area (Å²) in [5, 5.41) is 3.06. The fourth-order valence-electron chi connectivity index (χ4n) is 3.49. The van der Waals surface area contributed by atoms with Crippen molar-refractivity contribution in [2.45, 2.75) is 20.3 Å². The van der Waals surface area contributed by atoms with Crippen molar-refractivity contribution >= 4 is 38.6 Å². The van der Waals surface area contributed by atoms with E-state index in [1.165, 1.54) is 0 Å². The smallest absolute Gasteiger partial charge is 0.258 e. The Labute approximate surface area is 174 Å². The number of fused-ring (bicyclic) bond motifs is 1. The normalized spacial score (nSPS) is 13.4. The van der Waals surface area contributed by atoms with Gasteiger partial charge in [0.1, 0.15) is 0 Å². The number of sulfonamides is 1. The molecule has 0 saturated carbocycles. The highest BCUT2D eigenvalue weighted by atomic mass is 32.2. The van der Waals surface area contributed by atoms with Crippen molar-refractivity contribution in [1.82, 2.24) is 4.98 Å². The number of hydrogen-bond donors (Lipinski definition) is 1. The highest BCUT2D eigenvalue weighted by molar-refractivity contribution is 7.92. The molecule has 0 aliphatic carbocycles. The van der Waals surface area contributed by atoms with Crippen LogP contribution in [-0.4, -0.2) is 32.1 Å². The average Bonchev–Trinajstić information content (AvgIpc) is 3.27. The van der Waals surface area contributed by atoms with Crippen LogP contribution in [0, 0.1) is 13.8 Å². The molecular formula is C21H21N3O3S2. The number of aryl methyl sites for hydroxylation is 2. The lowest BCUT2D eigenvalue weighted by molar-refractivity contribution is 0.0989. The number of carbonyl (C=O) groups is 1. The molecule has 3 aromatic rings. The second kappa shape index (κ2) is 7.27. The molecule has 0 spiro atoms. The molecule has 0 unspecified atom stereocenters. The maximum atomic E-state index is 13.1. The van der Waals surface area contributed by atoms with E-state index >= 15 is 0 Å². The third kappa shape index (κ3) is 4.04. The summed E-state index contributed by atoms with van der Waals surface area (Å²) in [7, 11) is -3.42. The number of carbonyl (C=O) groups excluding carboxylic acids is 1. The molecule has 6 nitrogen and oxygen atoms in total. The molecule has 0 bridgehead atoms. The van der Waals surface area contributed by atoms with Gasteiger partial charge in [-0.15, -0.1) is 11.3 Å². The lowest BCUT2D eigenvalue weighted by atomic mass is 10.1. The van der Waals surface area contributed by atoms with E-state index in [1.807, 2.05) is 24.4 Å². The summed E-state index contributed by atoms with van der Waals surface area (Å²) in [5.41, 5.74) is 5.65. The van der Waals surface area contributed by atoms with Gasteiger partial charge in [0.25, 0.3) is 5.91 Å². The van der Waals surface area contributed by atoms with Crippen LogP contribution in [0.5, 0.6) is 0 Å². The van der Waals surface area contributed by atoms with E-state index in [-0.39, 0.29) is 5.91 Å². The first kappa shape index (κ1) is 19.6. The molecule has 0 atom stereocenters. The van der Waals surface area contributed by atoms with Crippen LogP contribution in [0.1, 0.15) is 26.5 Å².